The van der Waals surface area contributed by atoms with Crippen molar-refractivity contribution in [3.8, 4) is 5.75 Å². The van der Waals surface area contributed by atoms with Gasteiger partial charge < -0.3 is 9.47 Å². The lowest BCUT2D eigenvalue weighted by atomic mass is 10.2. The van der Waals surface area contributed by atoms with Crippen molar-refractivity contribution in [2.24, 2.45) is 0 Å². The standard InChI is InChI=1S/C22H27N3O6S2/c1-2-31-18-7-5-17(6-8-18)25-20(26)16-19(22(25)27)24(10-9-23-11-13-30-14-12-23)33(28,29)21-4-3-15-32-21/h3-8,15,19H,2,9-14,16H2,1H3. The topological polar surface area (TPSA) is 96.5 Å². The smallest absolute Gasteiger partial charge is 0.253 e. The second kappa shape index (κ2) is 10.3. The van der Waals surface area contributed by atoms with Gasteiger partial charge in [-0.1, -0.05) is 6.07 Å². The number of amides is 2. The molecular weight excluding hydrogens is 466 g/mol. The van der Waals surface area contributed by atoms with Crippen LogP contribution in [0.5, 0.6) is 5.75 Å². The highest BCUT2D eigenvalue weighted by atomic mass is 32.2. The van der Waals surface area contributed by atoms with Gasteiger partial charge in [0.2, 0.25) is 5.91 Å². The quantitative estimate of drug-likeness (QED) is 0.492. The molecule has 1 atom stereocenters. The summed E-state index contributed by atoms with van der Waals surface area (Å²) in [5, 5.41) is 1.68. The average Bonchev–Trinajstić information content (AvgIpc) is 3.45. The number of morpholine rings is 1. The number of nitrogens with zero attached hydrogens (tertiary/aromatic N) is 3. The molecule has 4 rings (SSSR count). The molecule has 2 aliphatic rings. The van der Waals surface area contributed by atoms with E-state index < -0.39 is 27.9 Å². The first kappa shape index (κ1) is 23.8. The van der Waals surface area contributed by atoms with E-state index in [1.807, 2.05) is 6.92 Å². The molecule has 9 nitrogen and oxygen atoms in total. The molecule has 0 bridgehead atoms. The van der Waals surface area contributed by atoms with E-state index in [1.165, 1.54) is 10.4 Å². The van der Waals surface area contributed by atoms with Crippen LogP contribution in [0.4, 0.5) is 5.69 Å². The summed E-state index contributed by atoms with van der Waals surface area (Å²) in [6.07, 6.45) is -0.195. The highest BCUT2D eigenvalue weighted by Crippen LogP contribution is 2.31. The first-order chi connectivity index (χ1) is 15.9. The zero-order valence-corrected chi connectivity index (χ0v) is 20.0. The van der Waals surface area contributed by atoms with Crippen LogP contribution in [0.3, 0.4) is 0 Å². The SMILES string of the molecule is CCOc1ccc(N2C(=O)CC(N(CCN3CCOCC3)S(=O)(=O)c3cccs3)C2=O)cc1. The number of benzene rings is 1. The van der Waals surface area contributed by atoms with Crippen molar-refractivity contribution >= 4 is 38.9 Å². The molecule has 2 saturated heterocycles. The predicted molar refractivity (Wildman–Crippen MR) is 124 cm³/mol. The highest BCUT2D eigenvalue weighted by molar-refractivity contribution is 7.91. The van der Waals surface area contributed by atoms with E-state index in [-0.39, 0.29) is 17.2 Å². The van der Waals surface area contributed by atoms with Gasteiger partial charge >= 0.3 is 0 Å². The van der Waals surface area contributed by atoms with Crippen molar-refractivity contribution in [1.29, 1.82) is 0 Å². The number of carbonyl (C=O) groups excluding carboxylic acids is 2. The normalized spacial score (nSPS) is 20.1. The molecule has 11 heteroatoms. The Morgan fingerprint density at radius 3 is 2.52 bits per heavy atom. The maximum atomic E-state index is 13.5. The zero-order chi connectivity index (χ0) is 23.4. The number of hydrogen-bond acceptors (Lipinski definition) is 8. The third kappa shape index (κ3) is 5.12. The van der Waals surface area contributed by atoms with Gasteiger partial charge in [-0.15, -0.1) is 11.3 Å². The van der Waals surface area contributed by atoms with Crippen LogP contribution in [0.15, 0.2) is 46.0 Å². The summed E-state index contributed by atoms with van der Waals surface area (Å²) in [6.45, 7) is 5.50. The fourth-order valence-corrected chi connectivity index (χ4v) is 6.70. The van der Waals surface area contributed by atoms with Crippen LogP contribution in [0, 0.1) is 0 Å². The lowest BCUT2D eigenvalue weighted by Crippen LogP contribution is -2.49. The lowest BCUT2D eigenvalue weighted by molar-refractivity contribution is -0.122. The number of thiophene rings is 1. The largest absolute Gasteiger partial charge is 0.494 e. The Kier molecular flexibility index (Phi) is 7.45. The Labute approximate surface area is 197 Å². The number of sulfonamides is 1. The van der Waals surface area contributed by atoms with Crippen LogP contribution in [-0.2, 0) is 24.3 Å². The maximum absolute atomic E-state index is 13.5. The number of carbonyl (C=O) groups is 2. The monoisotopic (exact) mass is 493 g/mol. The van der Waals surface area contributed by atoms with Crippen molar-refractivity contribution in [1.82, 2.24) is 9.21 Å². The van der Waals surface area contributed by atoms with Crippen molar-refractivity contribution < 1.29 is 27.5 Å². The molecule has 2 amide bonds. The zero-order valence-electron chi connectivity index (χ0n) is 18.4. The minimum atomic E-state index is -3.94. The Balaban J connectivity index is 1.59. The number of rotatable bonds is 9. The van der Waals surface area contributed by atoms with E-state index in [2.05, 4.69) is 4.90 Å². The third-order valence-corrected chi connectivity index (χ3v) is 8.96. The third-order valence-electron chi connectivity index (χ3n) is 5.67. The molecule has 1 aromatic heterocycles. The van der Waals surface area contributed by atoms with Gasteiger partial charge in [0.25, 0.3) is 15.9 Å². The summed E-state index contributed by atoms with van der Waals surface area (Å²) >= 11 is 1.10. The summed E-state index contributed by atoms with van der Waals surface area (Å²) in [4.78, 5) is 29.4. The van der Waals surface area contributed by atoms with E-state index >= 15 is 0 Å². The van der Waals surface area contributed by atoms with Crippen LogP contribution in [0.25, 0.3) is 0 Å². The van der Waals surface area contributed by atoms with Gasteiger partial charge in [0.05, 0.1) is 31.9 Å². The van der Waals surface area contributed by atoms with Crippen molar-refractivity contribution in [2.45, 2.75) is 23.6 Å². The van der Waals surface area contributed by atoms with Crippen molar-refractivity contribution in [2.75, 3.05) is 50.9 Å². The molecular formula is C22H27N3O6S2. The van der Waals surface area contributed by atoms with E-state index in [9.17, 15) is 18.0 Å². The Morgan fingerprint density at radius 1 is 1.15 bits per heavy atom. The lowest BCUT2D eigenvalue weighted by Gasteiger charge is -2.31. The van der Waals surface area contributed by atoms with Gasteiger partial charge in [0.1, 0.15) is 16.0 Å². The molecule has 0 N–H and O–H groups in total. The van der Waals surface area contributed by atoms with Crippen LogP contribution in [0.1, 0.15) is 13.3 Å². The molecule has 0 radical (unpaired) electrons. The molecule has 2 aromatic rings. The van der Waals surface area contributed by atoms with Crippen LogP contribution in [-0.4, -0.2) is 81.5 Å². The molecule has 1 aromatic carbocycles. The highest BCUT2D eigenvalue weighted by Gasteiger charge is 2.47. The van der Waals surface area contributed by atoms with Crippen molar-refractivity contribution in [3.05, 3.63) is 41.8 Å². The minimum absolute atomic E-state index is 0.112. The fourth-order valence-electron chi connectivity index (χ4n) is 4.00. The Morgan fingerprint density at radius 2 is 1.88 bits per heavy atom. The molecule has 2 aliphatic heterocycles. The van der Waals surface area contributed by atoms with Crippen LogP contribution < -0.4 is 9.64 Å². The van der Waals surface area contributed by atoms with E-state index in [0.717, 1.165) is 16.2 Å². The number of anilines is 1. The molecule has 1 unspecified atom stereocenters. The van der Waals surface area contributed by atoms with Gasteiger partial charge in [-0.2, -0.15) is 4.31 Å². The van der Waals surface area contributed by atoms with Crippen LogP contribution >= 0.6 is 11.3 Å². The predicted octanol–water partition coefficient (Wildman–Crippen LogP) is 1.80. The van der Waals surface area contributed by atoms with Gasteiger partial charge in [-0.25, -0.2) is 13.3 Å². The second-order valence-corrected chi connectivity index (χ2v) is 10.8. The molecule has 2 fully saturated rings. The maximum Gasteiger partial charge on any atom is 0.253 e. The molecule has 0 saturated carbocycles. The van der Waals surface area contributed by atoms with Gasteiger partial charge in [-0.05, 0) is 42.6 Å². The van der Waals surface area contributed by atoms with Crippen molar-refractivity contribution in [3.63, 3.8) is 0 Å². The van der Waals surface area contributed by atoms with E-state index in [4.69, 9.17) is 9.47 Å². The molecule has 178 valence electrons. The summed E-state index contributed by atoms with van der Waals surface area (Å²) < 4.78 is 39.1. The van der Waals surface area contributed by atoms with Gasteiger partial charge in [0, 0.05) is 26.2 Å². The molecule has 0 spiro atoms. The van der Waals surface area contributed by atoms with Crippen LogP contribution in [0.2, 0.25) is 0 Å². The van der Waals surface area contributed by atoms with Gasteiger partial charge in [-0.3, -0.25) is 14.5 Å². The first-order valence-corrected chi connectivity index (χ1v) is 13.2. The Bertz CT molecular complexity index is 1070. The number of imide groups is 1. The van der Waals surface area contributed by atoms with Gasteiger partial charge in [0.15, 0.2) is 0 Å². The number of hydrogen-bond donors (Lipinski definition) is 0. The summed E-state index contributed by atoms with van der Waals surface area (Å²) in [5.74, 6) is -0.331. The second-order valence-electron chi connectivity index (χ2n) is 7.72. The molecule has 33 heavy (non-hydrogen) atoms. The number of ether oxygens (including phenoxy) is 2. The molecule has 0 aliphatic carbocycles. The molecule has 3 heterocycles. The average molecular weight is 494 g/mol. The Hall–Kier alpha value is -2.31. The van der Waals surface area contributed by atoms with E-state index in [1.54, 1.807) is 35.7 Å². The van der Waals surface area contributed by atoms with E-state index in [0.29, 0.717) is 50.9 Å². The summed E-state index contributed by atoms with van der Waals surface area (Å²) in [7, 11) is -3.94. The fraction of sp³-hybridized carbons (Fsp3) is 0.455. The first-order valence-electron chi connectivity index (χ1n) is 10.9. The minimum Gasteiger partial charge on any atom is -0.494 e. The summed E-state index contributed by atoms with van der Waals surface area (Å²) in [6, 6.07) is 8.73. The summed E-state index contributed by atoms with van der Waals surface area (Å²) in [5.41, 5.74) is 0.401.